The number of methoxy groups -OCH3 is 2. The van der Waals surface area contributed by atoms with Gasteiger partial charge in [0.25, 0.3) is 5.92 Å². The smallest absolute Gasteiger partial charge is 0.251 e. The van der Waals surface area contributed by atoms with E-state index >= 15 is 0 Å². The standard InChI is InChI=1S/C20H25F2N3O3S/c1-27-14-5-6-15(28-2)17-16(14)23-19(29-17)25-9-3-4-13(12-25)18(26)24-10-7-20(21,22)8-11-24/h5-6,13H,3-4,7-12H2,1-2H3. The summed E-state index contributed by atoms with van der Waals surface area (Å²) in [7, 11) is 3.23. The quantitative estimate of drug-likeness (QED) is 0.746. The summed E-state index contributed by atoms with van der Waals surface area (Å²) >= 11 is 1.52. The van der Waals surface area contributed by atoms with Crippen LogP contribution in [-0.2, 0) is 4.79 Å². The van der Waals surface area contributed by atoms with Gasteiger partial charge in [-0.15, -0.1) is 0 Å². The van der Waals surface area contributed by atoms with E-state index in [9.17, 15) is 13.6 Å². The fourth-order valence-electron chi connectivity index (χ4n) is 4.07. The highest BCUT2D eigenvalue weighted by atomic mass is 32.1. The summed E-state index contributed by atoms with van der Waals surface area (Å²) < 4.78 is 38.6. The Labute approximate surface area is 172 Å². The molecule has 0 bridgehead atoms. The van der Waals surface area contributed by atoms with E-state index in [2.05, 4.69) is 4.90 Å². The number of likely N-dealkylation sites (tertiary alicyclic amines) is 1. The molecule has 29 heavy (non-hydrogen) atoms. The summed E-state index contributed by atoms with van der Waals surface area (Å²) in [5.74, 6) is -1.42. The number of fused-ring (bicyclic) bond motifs is 1. The lowest BCUT2D eigenvalue weighted by molar-refractivity contribution is -0.141. The van der Waals surface area contributed by atoms with Crippen molar-refractivity contribution in [2.24, 2.45) is 5.92 Å². The molecular weight excluding hydrogens is 400 g/mol. The second-order valence-corrected chi connectivity index (χ2v) is 8.59. The van der Waals surface area contributed by atoms with Crippen LogP contribution >= 0.6 is 11.3 Å². The first-order valence-corrected chi connectivity index (χ1v) is 10.7. The van der Waals surface area contributed by atoms with Crippen molar-refractivity contribution in [3.8, 4) is 11.5 Å². The predicted molar refractivity (Wildman–Crippen MR) is 108 cm³/mol. The fourth-order valence-corrected chi connectivity index (χ4v) is 5.18. The van der Waals surface area contributed by atoms with Gasteiger partial charge in [-0.05, 0) is 25.0 Å². The molecule has 0 aliphatic carbocycles. The second-order valence-electron chi connectivity index (χ2n) is 7.61. The van der Waals surface area contributed by atoms with Crippen LogP contribution in [0.1, 0.15) is 25.7 Å². The summed E-state index contributed by atoms with van der Waals surface area (Å²) in [4.78, 5) is 21.4. The van der Waals surface area contributed by atoms with Crippen LogP contribution in [0.15, 0.2) is 12.1 Å². The normalized spacial score (nSPS) is 22.0. The van der Waals surface area contributed by atoms with Gasteiger partial charge in [0, 0.05) is 39.0 Å². The number of nitrogens with zero attached hydrogens (tertiary/aromatic N) is 3. The van der Waals surface area contributed by atoms with Gasteiger partial charge in [0.05, 0.1) is 20.1 Å². The first-order chi connectivity index (χ1) is 13.9. The summed E-state index contributed by atoms with van der Waals surface area (Å²) in [6.45, 7) is 1.64. The van der Waals surface area contributed by atoms with Crippen molar-refractivity contribution in [3.05, 3.63) is 12.1 Å². The number of carbonyl (C=O) groups excluding carboxylic acids is 1. The minimum absolute atomic E-state index is 0.0125. The number of aromatic nitrogens is 1. The molecule has 1 aromatic carbocycles. The molecule has 9 heteroatoms. The number of carbonyl (C=O) groups is 1. The number of amides is 1. The number of rotatable bonds is 4. The van der Waals surface area contributed by atoms with Crippen LogP contribution in [0, 0.1) is 5.92 Å². The van der Waals surface area contributed by atoms with E-state index in [-0.39, 0.29) is 37.8 Å². The molecule has 1 amide bonds. The summed E-state index contributed by atoms with van der Waals surface area (Å²) in [5, 5.41) is 0.825. The number of benzene rings is 1. The molecule has 0 saturated carbocycles. The van der Waals surface area contributed by atoms with E-state index in [0.29, 0.717) is 12.3 Å². The van der Waals surface area contributed by atoms with Gasteiger partial charge in [0.15, 0.2) is 5.13 Å². The van der Waals surface area contributed by atoms with Crippen LogP contribution in [0.4, 0.5) is 13.9 Å². The van der Waals surface area contributed by atoms with Gasteiger partial charge in [0.2, 0.25) is 5.91 Å². The van der Waals surface area contributed by atoms with Crippen molar-refractivity contribution in [3.63, 3.8) is 0 Å². The molecule has 0 N–H and O–H groups in total. The van der Waals surface area contributed by atoms with Gasteiger partial charge in [-0.3, -0.25) is 4.79 Å². The number of hydrogen-bond acceptors (Lipinski definition) is 6. The molecule has 158 valence electrons. The summed E-state index contributed by atoms with van der Waals surface area (Å²) in [6, 6.07) is 3.69. The first kappa shape index (κ1) is 20.1. The highest BCUT2D eigenvalue weighted by molar-refractivity contribution is 7.22. The maximum absolute atomic E-state index is 13.4. The Kier molecular flexibility index (Phi) is 5.50. The van der Waals surface area contributed by atoms with Crippen molar-refractivity contribution in [2.45, 2.75) is 31.6 Å². The van der Waals surface area contributed by atoms with E-state index in [1.807, 2.05) is 12.1 Å². The third-order valence-corrected chi connectivity index (χ3v) is 6.88. The Morgan fingerprint density at radius 3 is 2.55 bits per heavy atom. The van der Waals surface area contributed by atoms with Crippen molar-refractivity contribution < 1.29 is 23.0 Å². The molecule has 6 nitrogen and oxygen atoms in total. The Morgan fingerprint density at radius 1 is 1.17 bits per heavy atom. The molecule has 2 saturated heterocycles. The Balaban J connectivity index is 1.52. The van der Waals surface area contributed by atoms with Gasteiger partial charge in [-0.1, -0.05) is 11.3 Å². The van der Waals surface area contributed by atoms with Crippen molar-refractivity contribution in [1.29, 1.82) is 0 Å². The molecule has 0 spiro atoms. The summed E-state index contributed by atoms with van der Waals surface area (Å²) in [6.07, 6.45) is 1.16. The van der Waals surface area contributed by atoms with E-state index in [1.165, 1.54) is 11.3 Å². The number of alkyl halides is 2. The second kappa shape index (κ2) is 7.93. The van der Waals surface area contributed by atoms with Gasteiger partial charge in [0.1, 0.15) is 21.7 Å². The Hall–Kier alpha value is -2.16. The highest BCUT2D eigenvalue weighted by Gasteiger charge is 2.38. The maximum atomic E-state index is 13.4. The largest absolute Gasteiger partial charge is 0.495 e. The van der Waals surface area contributed by atoms with E-state index in [1.54, 1.807) is 19.1 Å². The molecule has 3 heterocycles. The minimum atomic E-state index is -2.64. The third kappa shape index (κ3) is 3.97. The molecule has 1 aromatic heterocycles. The van der Waals surface area contributed by atoms with E-state index in [0.717, 1.165) is 40.5 Å². The number of ether oxygens (including phenoxy) is 2. The zero-order valence-electron chi connectivity index (χ0n) is 16.6. The lowest BCUT2D eigenvalue weighted by Gasteiger charge is -2.37. The fraction of sp³-hybridized carbons (Fsp3) is 0.600. The van der Waals surface area contributed by atoms with Crippen LogP contribution in [0.2, 0.25) is 0 Å². The minimum Gasteiger partial charge on any atom is -0.495 e. The number of anilines is 1. The Morgan fingerprint density at radius 2 is 1.86 bits per heavy atom. The average Bonchev–Trinajstić information content (AvgIpc) is 3.18. The topological polar surface area (TPSA) is 54.9 Å². The predicted octanol–water partition coefficient (Wildman–Crippen LogP) is 3.79. The van der Waals surface area contributed by atoms with Crippen molar-refractivity contribution >= 4 is 32.6 Å². The average molecular weight is 426 g/mol. The Bertz CT molecular complexity index is 853. The van der Waals surface area contributed by atoms with Crippen LogP contribution in [-0.4, -0.2) is 62.1 Å². The number of piperidine rings is 2. The summed E-state index contributed by atoms with van der Waals surface area (Å²) in [5.41, 5.74) is 0.749. The molecule has 4 rings (SSSR count). The zero-order chi connectivity index (χ0) is 20.6. The molecule has 2 aromatic rings. The van der Waals surface area contributed by atoms with Gasteiger partial charge >= 0.3 is 0 Å². The van der Waals surface area contributed by atoms with Gasteiger partial charge < -0.3 is 19.3 Å². The lowest BCUT2D eigenvalue weighted by Crippen LogP contribution is -2.49. The van der Waals surface area contributed by atoms with Gasteiger partial charge in [-0.2, -0.15) is 0 Å². The maximum Gasteiger partial charge on any atom is 0.251 e. The van der Waals surface area contributed by atoms with Crippen molar-refractivity contribution in [2.75, 3.05) is 45.3 Å². The van der Waals surface area contributed by atoms with Crippen LogP contribution < -0.4 is 14.4 Å². The van der Waals surface area contributed by atoms with Crippen LogP contribution in [0.25, 0.3) is 10.2 Å². The zero-order valence-corrected chi connectivity index (χ0v) is 17.4. The SMILES string of the molecule is COc1ccc(OC)c2sc(N3CCCC(C(=O)N4CCC(F)(F)CC4)C3)nc12. The molecule has 1 atom stereocenters. The first-order valence-electron chi connectivity index (χ1n) is 9.85. The molecule has 2 aliphatic heterocycles. The lowest BCUT2D eigenvalue weighted by atomic mass is 9.95. The highest BCUT2D eigenvalue weighted by Crippen LogP contribution is 2.41. The molecule has 1 unspecified atom stereocenters. The molecular formula is C20H25F2N3O3S. The van der Waals surface area contributed by atoms with Crippen molar-refractivity contribution in [1.82, 2.24) is 9.88 Å². The van der Waals surface area contributed by atoms with Gasteiger partial charge in [-0.25, -0.2) is 13.8 Å². The molecule has 2 aliphatic rings. The number of hydrogen-bond donors (Lipinski definition) is 0. The number of thiazole rings is 1. The van der Waals surface area contributed by atoms with Crippen LogP contribution in [0.5, 0.6) is 11.5 Å². The van der Waals surface area contributed by atoms with E-state index in [4.69, 9.17) is 14.5 Å². The monoisotopic (exact) mass is 425 g/mol. The van der Waals surface area contributed by atoms with Crippen LogP contribution in [0.3, 0.4) is 0 Å². The number of halogens is 2. The van der Waals surface area contributed by atoms with E-state index < -0.39 is 5.92 Å². The third-order valence-electron chi connectivity index (χ3n) is 5.75. The molecule has 0 radical (unpaired) electrons. The molecule has 2 fully saturated rings.